The fourth-order valence-corrected chi connectivity index (χ4v) is 2.45. The molecule has 4 heteroatoms. The van der Waals surface area contributed by atoms with Crippen LogP contribution in [0.4, 0.5) is 0 Å². The van der Waals surface area contributed by atoms with Gasteiger partial charge >= 0.3 is 0 Å². The first-order valence-corrected chi connectivity index (χ1v) is 6.87. The lowest BCUT2D eigenvalue weighted by atomic mass is 10.2. The first-order valence-electron chi connectivity index (χ1n) is 5.50. The summed E-state index contributed by atoms with van der Waals surface area (Å²) < 4.78 is 0. The molecule has 0 saturated carbocycles. The fourth-order valence-electron chi connectivity index (χ4n) is 1.36. The van der Waals surface area contributed by atoms with Gasteiger partial charge in [-0.2, -0.15) is 0 Å². The molecule has 2 nitrogen and oxygen atoms in total. The Bertz CT molecular complexity index is 320. The maximum Gasteiger partial charge on any atom is 0.0525 e. The minimum atomic E-state index is 0.193. The molecule has 1 aromatic rings. The van der Waals surface area contributed by atoms with E-state index in [4.69, 9.17) is 16.7 Å². The molecule has 0 heterocycles. The van der Waals surface area contributed by atoms with E-state index in [2.05, 4.69) is 12.2 Å². The summed E-state index contributed by atoms with van der Waals surface area (Å²) in [5.74, 6) is 0.709. The Morgan fingerprint density at radius 1 is 1.44 bits per heavy atom. The van der Waals surface area contributed by atoms with E-state index in [0.717, 1.165) is 29.4 Å². The predicted octanol–water partition coefficient (Wildman–Crippen LogP) is 2.92. The Labute approximate surface area is 106 Å². The summed E-state index contributed by atoms with van der Waals surface area (Å²) >= 11 is 7.61. The van der Waals surface area contributed by atoms with Crippen molar-refractivity contribution in [2.75, 3.05) is 18.9 Å². The van der Waals surface area contributed by atoms with Gasteiger partial charge in [0.2, 0.25) is 0 Å². The number of hydrogen-bond donors (Lipinski definition) is 2. The van der Waals surface area contributed by atoms with Gasteiger partial charge in [-0.3, -0.25) is 0 Å². The lowest BCUT2D eigenvalue weighted by Gasteiger charge is -2.10. The molecule has 0 aliphatic carbocycles. The van der Waals surface area contributed by atoms with Crippen molar-refractivity contribution in [1.82, 2.24) is 5.32 Å². The van der Waals surface area contributed by atoms with Crippen LogP contribution in [0.25, 0.3) is 0 Å². The lowest BCUT2D eigenvalue weighted by Crippen LogP contribution is -2.14. The average molecular weight is 260 g/mol. The van der Waals surface area contributed by atoms with Crippen LogP contribution in [0.15, 0.2) is 23.1 Å². The zero-order chi connectivity index (χ0) is 11.8. The number of benzene rings is 1. The first-order chi connectivity index (χ1) is 7.77. The van der Waals surface area contributed by atoms with Crippen LogP contribution in [-0.4, -0.2) is 24.0 Å². The molecular weight excluding hydrogens is 242 g/mol. The van der Waals surface area contributed by atoms with Crippen molar-refractivity contribution in [3.8, 4) is 0 Å². The van der Waals surface area contributed by atoms with Crippen LogP contribution >= 0.6 is 23.4 Å². The minimum Gasteiger partial charge on any atom is -0.396 e. The Kier molecular flexibility index (Phi) is 6.88. The standard InChI is InChI=1S/C12H18ClNOS/c1-2-5-14-9-10-3-4-11(13)8-12(10)16-7-6-15/h3-4,8,14-15H,2,5-7,9H2,1H3. The molecule has 0 unspecified atom stereocenters. The van der Waals surface area contributed by atoms with Gasteiger partial charge in [0.1, 0.15) is 0 Å². The lowest BCUT2D eigenvalue weighted by molar-refractivity contribution is 0.322. The van der Waals surface area contributed by atoms with Gasteiger partial charge in [-0.25, -0.2) is 0 Å². The Morgan fingerprint density at radius 3 is 2.94 bits per heavy atom. The maximum absolute atomic E-state index is 8.83. The SMILES string of the molecule is CCCNCc1ccc(Cl)cc1SCCO. The van der Waals surface area contributed by atoms with E-state index >= 15 is 0 Å². The van der Waals surface area contributed by atoms with Crippen molar-refractivity contribution in [2.45, 2.75) is 24.8 Å². The minimum absolute atomic E-state index is 0.193. The molecule has 0 bridgehead atoms. The number of hydrogen-bond acceptors (Lipinski definition) is 3. The third-order valence-electron chi connectivity index (χ3n) is 2.12. The molecule has 16 heavy (non-hydrogen) atoms. The maximum atomic E-state index is 8.83. The van der Waals surface area contributed by atoms with Crippen molar-refractivity contribution >= 4 is 23.4 Å². The highest BCUT2D eigenvalue weighted by Crippen LogP contribution is 2.26. The average Bonchev–Trinajstić information content (AvgIpc) is 2.29. The van der Waals surface area contributed by atoms with Crippen LogP contribution < -0.4 is 5.32 Å². The highest BCUT2D eigenvalue weighted by Gasteiger charge is 2.03. The third kappa shape index (κ3) is 4.74. The van der Waals surface area contributed by atoms with Gasteiger partial charge in [0.25, 0.3) is 0 Å². The molecular formula is C12H18ClNOS. The number of halogens is 1. The summed E-state index contributed by atoms with van der Waals surface area (Å²) in [6.07, 6.45) is 1.13. The van der Waals surface area contributed by atoms with E-state index in [0.29, 0.717) is 5.75 Å². The largest absolute Gasteiger partial charge is 0.396 e. The number of rotatable bonds is 7. The number of aliphatic hydroxyl groups excluding tert-OH is 1. The fraction of sp³-hybridized carbons (Fsp3) is 0.500. The van der Waals surface area contributed by atoms with Crippen molar-refractivity contribution in [2.24, 2.45) is 0 Å². The van der Waals surface area contributed by atoms with Crippen LogP contribution in [-0.2, 0) is 6.54 Å². The zero-order valence-electron chi connectivity index (χ0n) is 9.50. The van der Waals surface area contributed by atoms with Crippen LogP contribution in [0.2, 0.25) is 5.02 Å². The van der Waals surface area contributed by atoms with E-state index < -0.39 is 0 Å². The van der Waals surface area contributed by atoms with Gasteiger partial charge in [0.15, 0.2) is 0 Å². The van der Waals surface area contributed by atoms with Crippen molar-refractivity contribution in [3.63, 3.8) is 0 Å². The van der Waals surface area contributed by atoms with Gasteiger partial charge in [-0.1, -0.05) is 24.6 Å². The normalized spacial score (nSPS) is 10.7. The molecule has 0 aliphatic rings. The molecule has 0 amide bonds. The van der Waals surface area contributed by atoms with Gasteiger partial charge < -0.3 is 10.4 Å². The molecule has 0 radical (unpaired) electrons. The summed E-state index contributed by atoms with van der Waals surface area (Å²) in [4.78, 5) is 1.16. The molecule has 0 fully saturated rings. The number of nitrogens with one attached hydrogen (secondary N) is 1. The molecule has 1 aromatic carbocycles. The van der Waals surface area contributed by atoms with E-state index in [-0.39, 0.29) is 6.61 Å². The monoisotopic (exact) mass is 259 g/mol. The summed E-state index contributed by atoms with van der Waals surface area (Å²) in [5, 5.41) is 13.0. The second kappa shape index (κ2) is 7.96. The summed E-state index contributed by atoms with van der Waals surface area (Å²) in [6, 6.07) is 5.92. The number of thioether (sulfide) groups is 1. The molecule has 1 rings (SSSR count). The molecule has 90 valence electrons. The Balaban J connectivity index is 2.64. The Hall–Kier alpha value is -0.220. The third-order valence-corrected chi connectivity index (χ3v) is 3.43. The summed E-state index contributed by atoms with van der Waals surface area (Å²) in [6.45, 7) is 4.22. The van der Waals surface area contributed by atoms with Crippen LogP contribution in [0.1, 0.15) is 18.9 Å². The molecule has 0 atom stereocenters. The summed E-state index contributed by atoms with van der Waals surface area (Å²) in [5.41, 5.74) is 1.25. The van der Waals surface area contributed by atoms with Crippen molar-refractivity contribution in [1.29, 1.82) is 0 Å². The second-order valence-corrected chi connectivity index (χ2v) is 5.07. The van der Waals surface area contributed by atoms with Crippen molar-refractivity contribution in [3.05, 3.63) is 28.8 Å². The quantitative estimate of drug-likeness (QED) is 0.583. The first kappa shape index (κ1) is 13.8. The topological polar surface area (TPSA) is 32.3 Å². The molecule has 2 N–H and O–H groups in total. The van der Waals surface area contributed by atoms with Crippen LogP contribution in [0.5, 0.6) is 0 Å². The van der Waals surface area contributed by atoms with Crippen molar-refractivity contribution < 1.29 is 5.11 Å². The van der Waals surface area contributed by atoms with Gasteiger partial charge in [0.05, 0.1) is 6.61 Å². The summed E-state index contributed by atoms with van der Waals surface area (Å²) in [7, 11) is 0. The van der Waals surface area contributed by atoms with Crippen LogP contribution in [0.3, 0.4) is 0 Å². The second-order valence-electron chi connectivity index (χ2n) is 3.50. The highest BCUT2D eigenvalue weighted by atomic mass is 35.5. The van der Waals surface area contributed by atoms with E-state index in [1.165, 1.54) is 5.56 Å². The molecule has 0 saturated heterocycles. The predicted molar refractivity (Wildman–Crippen MR) is 71.3 cm³/mol. The Morgan fingerprint density at radius 2 is 2.25 bits per heavy atom. The van der Waals surface area contributed by atoms with Gasteiger partial charge in [0, 0.05) is 22.2 Å². The molecule has 0 aromatic heterocycles. The van der Waals surface area contributed by atoms with Gasteiger partial charge in [-0.15, -0.1) is 11.8 Å². The van der Waals surface area contributed by atoms with E-state index in [1.54, 1.807) is 11.8 Å². The number of aliphatic hydroxyl groups is 1. The highest BCUT2D eigenvalue weighted by molar-refractivity contribution is 7.99. The molecule has 0 aliphatic heterocycles. The smallest absolute Gasteiger partial charge is 0.0525 e. The zero-order valence-corrected chi connectivity index (χ0v) is 11.1. The van der Waals surface area contributed by atoms with E-state index in [9.17, 15) is 0 Å². The molecule has 0 spiro atoms. The van der Waals surface area contributed by atoms with Crippen LogP contribution in [0, 0.1) is 0 Å². The van der Waals surface area contributed by atoms with E-state index in [1.807, 2.05) is 18.2 Å². The van der Waals surface area contributed by atoms with Gasteiger partial charge in [-0.05, 0) is 30.7 Å².